The van der Waals surface area contributed by atoms with Crippen molar-refractivity contribution in [3.05, 3.63) is 57.6 Å². The van der Waals surface area contributed by atoms with Crippen LogP contribution in [0.15, 0.2) is 36.4 Å². The Morgan fingerprint density at radius 3 is 2.55 bits per heavy atom. The van der Waals surface area contributed by atoms with Crippen LogP contribution in [0, 0.1) is 24.0 Å². The van der Waals surface area contributed by atoms with Crippen molar-refractivity contribution in [2.45, 2.75) is 25.5 Å². The lowest BCUT2D eigenvalue weighted by Crippen LogP contribution is -2.33. The molecule has 2 aromatic carbocycles. The molecule has 1 heterocycles. The molecule has 10 heteroatoms. The van der Waals surface area contributed by atoms with E-state index in [2.05, 4.69) is 5.32 Å². The van der Waals surface area contributed by atoms with Crippen molar-refractivity contribution in [2.24, 2.45) is 0 Å². The number of anilines is 2. The van der Waals surface area contributed by atoms with Gasteiger partial charge in [0.1, 0.15) is 11.0 Å². The van der Waals surface area contributed by atoms with Gasteiger partial charge in [0.2, 0.25) is 11.8 Å². The zero-order valence-corrected chi connectivity index (χ0v) is 16.4. The fourth-order valence-corrected chi connectivity index (χ4v) is 3.78. The summed E-state index contributed by atoms with van der Waals surface area (Å²) in [6.45, 7) is 3.79. The molecule has 1 fully saturated rings. The number of rotatable bonds is 5. The number of hydrogen-bond acceptors (Lipinski definition) is 7. The van der Waals surface area contributed by atoms with Crippen LogP contribution in [0.25, 0.3) is 0 Å². The Morgan fingerprint density at radius 1 is 1.21 bits per heavy atom. The van der Waals surface area contributed by atoms with E-state index in [9.17, 15) is 29.6 Å². The molecule has 2 N–H and O–H groups in total. The Labute approximate surface area is 169 Å². The highest BCUT2D eigenvalue weighted by molar-refractivity contribution is 8.15. The zero-order chi connectivity index (χ0) is 21.3. The van der Waals surface area contributed by atoms with Crippen molar-refractivity contribution < 1.29 is 24.4 Å². The fourth-order valence-electron chi connectivity index (χ4n) is 2.79. The molecule has 0 spiro atoms. The number of nitrogens with one attached hydrogen (secondary N) is 1. The molecule has 29 heavy (non-hydrogen) atoms. The highest BCUT2D eigenvalue weighted by Gasteiger charge is 2.41. The van der Waals surface area contributed by atoms with Gasteiger partial charge >= 0.3 is 0 Å². The van der Waals surface area contributed by atoms with Crippen LogP contribution < -0.4 is 10.2 Å². The van der Waals surface area contributed by atoms with Gasteiger partial charge in [-0.25, -0.2) is 4.90 Å². The Morgan fingerprint density at radius 2 is 1.93 bits per heavy atom. The minimum atomic E-state index is -0.899. The van der Waals surface area contributed by atoms with Gasteiger partial charge in [0.05, 0.1) is 22.4 Å². The molecule has 1 unspecified atom stereocenters. The average molecular weight is 415 g/mol. The van der Waals surface area contributed by atoms with Crippen LogP contribution in [-0.2, 0) is 9.59 Å². The van der Waals surface area contributed by atoms with Crippen LogP contribution in [0.4, 0.5) is 21.9 Å². The molecule has 1 saturated heterocycles. The summed E-state index contributed by atoms with van der Waals surface area (Å²) >= 11 is 0.761. The molecule has 0 saturated carbocycles. The number of nitro benzene ring substituents is 1. The molecule has 0 aromatic heterocycles. The molecule has 2 aromatic rings. The minimum Gasteiger partial charge on any atom is -0.506 e. The Balaban J connectivity index is 1.70. The molecule has 150 valence electrons. The number of aryl methyl sites for hydroxylation is 2. The summed E-state index contributed by atoms with van der Waals surface area (Å²) in [5, 5.41) is 21.6. The van der Waals surface area contributed by atoms with Gasteiger partial charge in [0.15, 0.2) is 0 Å². The summed E-state index contributed by atoms with van der Waals surface area (Å²) in [7, 11) is 0. The Bertz CT molecular complexity index is 1040. The second kappa shape index (κ2) is 7.92. The van der Waals surface area contributed by atoms with Crippen LogP contribution >= 0.6 is 11.8 Å². The number of phenolic OH excluding ortho intramolecular Hbond substituents is 1. The Hall–Kier alpha value is -3.40. The quantitative estimate of drug-likeness (QED) is 0.434. The van der Waals surface area contributed by atoms with Gasteiger partial charge in [0.25, 0.3) is 10.9 Å². The van der Waals surface area contributed by atoms with E-state index in [1.165, 1.54) is 6.07 Å². The van der Waals surface area contributed by atoms with Crippen LogP contribution in [0.5, 0.6) is 5.75 Å². The third kappa shape index (κ3) is 4.21. The zero-order valence-electron chi connectivity index (χ0n) is 15.5. The highest BCUT2D eigenvalue weighted by atomic mass is 32.2. The number of benzene rings is 2. The first kappa shape index (κ1) is 20.3. The fraction of sp³-hybridized carbons (Fsp3) is 0.211. The lowest BCUT2D eigenvalue weighted by molar-refractivity contribution is -0.384. The summed E-state index contributed by atoms with van der Waals surface area (Å²) < 4.78 is 0. The maximum atomic E-state index is 12.7. The SMILES string of the molecule is Cc1ccc(N2C(=O)SC(CC(=O)Nc3ccc([N+](=O)[O-])cc3O)C2=O)cc1C. The predicted octanol–water partition coefficient (Wildman–Crippen LogP) is 3.51. The molecule has 0 aliphatic carbocycles. The molecule has 1 atom stereocenters. The summed E-state index contributed by atoms with van der Waals surface area (Å²) in [5.41, 5.74) is 2.07. The molecular weight excluding hydrogens is 398 g/mol. The van der Waals surface area contributed by atoms with E-state index >= 15 is 0 Å². The predicted molar refractivity (Wildman–Crippen MR) is 108 cm³/mol. The molecule has 0 bridgehead atoms. The Kier molecular flexibility index (Phi) is 5.55. The summed E-state index contributed by atoms with van der Waals surface area (Å²) in [6, 6.07) is 8.47. The van der Waals surface area contributed by atoms with Crippen LogP contribution in [0.1, 0.15) is 17.5 Å². The number of aromatic hydroxyl groups is 1. The average Bonchev–Trinajstić information content (AvgIpc) is 2.92. The lowest BCUT2D eigenvalue weighted by atomic mass is 10.1. The van der Waals surface area contributed by atoms with E-state index in [0.717, 1.165) is 39.9 Å². The van der Waals surface area contributed by atoms with Gasteiger partial charge in [-0.2, -0.15) is 0 Å². The standard InChI is InChI=1S/C19H17N3O6S/c1-10-3-4-12(7-11(10)2)21-18(25)16(29-19(21)26)9-17(24)20-14-6-5-13(22(27)28)8-15(14)23/h3-8,16,23H,9H2,1-2H3,(H,20,24). The van der Waals surface area contributed by atoms with Crippen LogP contribution in [0.2, 0.25) is 0 Å². The number of imide groups is 1. The van der Waals surface area contributed by atoms with Crippen molar-refractivity contribution in [2.75, 3.05) is 10.2 Å². The van der Waals surface area contributed by atoms with Crippen molar-refractivity contribution in [1.82, 2.24) is 0 Å². The second-order valence-electron chi connectivity index (χ2n) is 6.53. The number of carbonyl (C=O) groups excluding carboxylic acids is 3. The van der Waals surface area contributed by atoms with E-state index in [1.807, 2.05) is 19.9 Å². The third-order valence-electron chi connectivity index (χ3n) is 4.51. The third-order valence-corrected chi connectivity index (χ3v) is 5.54. The van der Waals surface area contributed by atoms with Gasteiger partial charge in [0, 0.05) is 12.5 Å². The first-order chi connectivity index (χ1) is 13.7. The molecule has 1 aliphatic rings. The van der Waals surface area contributed by atoms with Gasteiger partial charge in [-0.3, -0.25) is 24.5 Å². The number of carbonyl (C=O) groups is 3. The summed E-state index contributed by atoms with van der Waals surface area (Å²) in [5.74, 6) is -1.56. The number of nitrogens with zero attached hydrogens (tertiary/aromatic N) is 2. The van der Waals surface area contributed by atoms with Gasteiger partial charge in [-0.1, -0.05) is 6.07 Å². The van der Waals surface area contributed by atoms with E-state index in [0.29, 0.717) is 5.69 Å². The molecule has 3 amide bonds. The van der Waals surface area contributed by atoms with Crippen molar-refractivity contribution in [3.8, 4) is 5.75 Å². The smallest absolute Gasteiger partial charge is 0.293 e. The molecule has 1 aliphatic heterocycles. The number of thioether (sulfide) groups is 1. The van der Waals surface area contributed by atoms with E-state index in [4.69, 9.17) is 0 Å². The monoisotopic (exact) mass is 415 g/mol. The lowest BCUT2D eigenvalue weighted by Gasteiger charge is -2.15. The first-order valence-electron chi connectivity index (χ1n) is 8.56. The molecular formula is C19H17N3O6S. The van der Waals surface area contributed by atoms with Crippen LogP contribution in [-0.4, -0.2) is 32.3 Å². The maximum Gasteiger partial charge on any atom is 0.293 e. The van der Waals surface area contributed by atoms with Crippen molar-refractivity contribution in [3.63, 3.8) is 0 Å². The van der Waals surface area contributed by atoms with E-state index in [1.54, 1.807) is 12.1 Å². The van der Waals surface area contributed by atoms with Crippen molar-refractivity contribution >= 4 is 45.9 Å². The first-order valence-corrected chi connectivity index (χ1v) is 9.44. The molecule has 0 radical (unpaired) electrons. The normalized spacial score (nSPS) is 16.2. The number of hydrogen-bond donors (Lipinski definition) is 2. The summed E-state index contributed by atoms with van der Waals surface area (Å²) in [4.78, 5) is 48.3. The van der Waals surface area contributed by atoms with Crippen molar-refractivity contribution in [1.29, 1.82) is 0 Å². The largest absolute Gasteiger partial charge is 0.506 e. The number of nitro groups is 1. The highest BCUT2D eigenvalue weighted by Crippen LogP contribution is 2.35. The number of phenols is 1. The number of amides is 3. The van der Waals surface area contributed by atoms with Crippen LogP contribution in [0.3, 0.4) is 0 Å². The maximum absolute atomic E-state index is 12.7. The molecule has 3 rings (SSSR count). The van der Waals surface area contributed by atoms with Gasteiger partial charge in [-0.05, 0) is 54.9 Å². The van der Waals surface area contributed by atoms with Gasteiger partial charge in [-0.15, -0.1) is 0 Å². The summed E-state index contributed by atoms with van der Waals surface area (Å²) in [6.07, 6.45) is -0.285. The van der Waals surface area contributed by atoms with E-state index in [-0.39, 0.29) is 17.8 Å². The minimum absolute atomic E-state index is 0.0200. The van der Waals surface area contributed by atoms with E-state index < -0.39 is 33.0 Å². The van der Waals surface area contributed by atoms with Gasteiger partial charge < -0.3 is 10.4 Å². The number of non-ortho nitro benzene ring substituents is 1. The second-order valence-corrected chi connectivity index (χ2v) is 7.68. The molecule has 9 nitrogen and oxygen atoms in total. The topological polar surface area (TPSA) is 130 Å².